The van der Waals surface area contributed by atoms with E-state index in [1.54, 1.807) is 0 Å². The number of benzene rings is 6. The fourth-order valence-electron chi connectivity index (χ4n) is 7.46. The molecule has 8 rings (SSSR count). The minimum absolute atomic E-state index is 0.452. The number of rotatable bonds is 6. The fraction of sp³-hybridized carbons (Fsp3) is 0.0698. The predicted octanol–water partition coefficient (Wildman–Crippen LogP) is 10.8. The van der Waals surface area contributed by atoms with Gasteiger partial charge in [0.05, 0.1) is 5.41 Å². The van der Waals surface area contributed by atoms with Crippen molar-refractivity contribution in [2.24, 2.45) is 0 Å². The molecule has 0 radical (unpaired) electrons. The van der Waals surface area contributed by atoms with Crippen molar-refractivity contribution in [3.8, 4) is 33.4 Å². The van der Waals surface area contributed by atoms with Crippen molar-refractivity contribution in [3.63, 3.8) is 0 Å². The maximum absolute atomic E-state index is 2.42. The highest BCUT2D eigenvalue weighted by molar-refractivity contribution is 5.88. The third-order valence-electron chi connectivity index (χ3n) is 9.31. The van der Waals surface area contributed by atoms with Crippen LogP contribution in [0.2, 0.25) is 0 Å². The van der Waals surface area contributed by atoms with Crippen LogP contribution >= 0.6 is 0 Å². The molecule has 0 heteroatoms. The molecule has 0 N–H and O–H groups in total. The minimum Gasteiger partial charge on any atom is -0.0804 e. The second-order valence-corrected chi connectivity index (χ2v) is 11.6. The largest absolute Gasteiger partial charge is 0.0804 e. The lowest BCUT2D eigenvalue weighted by Gasteiger charge is -2.40. The Morgan fingerprint density at radius 2 is 1.02 bits per heavy atom. The van der Waals surface area contributed by atoms with Gasteiger partial charge in [-0.2, -0.15) is 0 Å². The van der Waals surface area contributed by atoms with Crippen molar-refractivity contribution in [2.45, 2.75) is 18.3 Å². The van der Waals surface area contributed by atoms with Gasteiger partial charge in [-0.05, 0) is 79.6 Å². The smallest absolute Gasteiger partial charge is 0.0676 e. The summed E-state index contributed by atoms with van der Waals surface area (Å²) in [5.74, 6) is 0. The van der Waals surface area contributed by atoms with E-state index in [0.717, 1.165) is 12.8 Å². The summed E-state index contributed by atoms with van der Waals surface area (Å²) in [5, 5.41) is 0. The lowest BCUT2D eigenvalue weighted by atomic mass is 9.61. The van der Waals surface area contributed by atoms with Gasteiger partial charge in [-0.25, -0.2) is 0 Å². The van der Waals surface area contributed by atoms with E-state index in [1.165, 1.54) is 66.8 Å². The lowest BCUT2D eigenvalue weighted by Crippen LogP contribution is -2.33. The Balaban J connectivity index is 1.46. The molecule has 6 aromatic carbocycles. The summed E-state index contributed by atoms with van der Waals surface area (Å²) < 4.78 is 0. The highest BCUT2D eigenvalue weighted by atomic mass is 14.5. The van der Waals surface area contributed by atoms with Crippen LogP contribution in [-0.4, -0.2) is 0 Å². The molecule has 0 saturated heterocycles. The Hall–Kier alpha value is -5.20. The first kappa shape index (κ1) is 25.5. The molecule has 0 nitrogen and oxygen atoms in total. The van der Waals surface area contributed by atoms with Gasteiger partial charge in [0, 0.05) is 0 Å². The third-order valence-corrected chi connectivity index (χ3v) is 9.31. The van der Waals surface area contributed by atoms with Gasteiger partial charge in [-0.3, -0.25) is 0 Å². The fourth-order valence-corrected chi connectivity index (χ4v) is 7.46. The highest BCUT2D eigenvalue weighted by Crippen LogP contribution is 2.55. The van der Waals surface area contributed by atoms with E-state index < -0.39 is 5.41 Å². The van der Waals surface area contributed by atoms with Crippen LogP contribution in [0.15, 0.2) is 175 Å². The summed E-state index contributed by atoms with van der Waals surface area (Å²) >= 11 is 0. The second-order valence-electron chi connectivity index (χ2n) is 11.6. The van der Waals surface area contributed by atoms with Crippen LogP contribution in [0.3, 0.4) is 0 Å². The monoisotopic (exact) mass is 548 g/mol. The van der Waals surface area contributed by atoms with Gasteiger partial charge < -0.3 is 0 Å². The molecule has 0 bridgehead atoms. The first-order chi connectivity index (χ1) is 21.3. The van der Waals surface area contributed by atoms with Gasteiger partial charge in [0.1, 0.15) is 0 Å². The summed E-state index contributed by atoms with van der Waals surface area (Å²) in [7, 11) is 0. The van der Waals surface area contributed by atoms with Gasteiger partial charge in [0.2, 0.25) is 0 Å². The van der Waals surface area contributed by atoms with Crippen LogP contribution < -0.4 is 0 Å². The van der Waals surface area contributed by atoms with E-state index >= 15 is 0 Å². The molecule has 0 atom stereocenters. The van der Waals surface area contributed by atoms with Gasteiger partial charge in [0.15, 0.2) is 0 Å². The number of allylic oxidation sites excluding steroid dienone is 4. The summed E-state index contributed by atoms with van der Waals surface area (Å²) in [6, 6.07) is 55.9. The molecule has 0 aliphatic heterocycles. The molecular weight excluding hydrogens is 516 g/mol. The second kappa shape index (κ2) is 10.6. The summed E-state index contributed by atoms with van der Waals surface area (Å²) in [6.07, 6.45) is 8.74. The molecule has 0 aromatic heterocycles. The molecule has 0 amide bonds. The molecule has 43 heavy (non-hydrogen) atoms. The molecular formula is C43H32. The summed E-state index contributed by atoms with van der Waals surface area (Å²) in [4.78, 5) is 0. The lowest BCUT2D eigenvalue weighted by molar-refractivity contribution is 0.706. The normalized spacial score (nSPS) is 13.4. The Bertz CT molecular complexity index is 1940. The first-order valence-electron chi connectivity index (χ1n) is 15.2. The number of fused-ring (bicyclic) bond motifs is 3. The van der Waals surface area contributed by atoms with E-state index in [2.05, 4.69) is 170 Å². The molecule has 2 aliphatic rings. The Morgan fingerprint density at radius 1 is 0.465 bits per heavy atom. The molecule has 0 spiro atoms. The van der Waals surface area contributed by atoms with Crippen LogP contribution in [0.25, 0.3) is 33.4 Å². The van der Waals surface area contributed by atoms with Crippen molar-refractivity contribution in [1.82, 2.24) is 0 Å². The van der Waals surface area contributed by atoms with E-state index in [9.17, 15) is 0 Å². The van der Waals surface area contributed by atoms with Gasteiger partial charge in [0.25, 0.3) is 0 Å². The average molecular weight is 549 g/mol. The standard InChI is InChI=1S/C43H32/c1-5-15-31(16-6-1)33-25-26-38-34(29-33)30-41-40(38)28-27-39(32-17-7-2-8-18-32)42(41)43(37-23-13-14-24-37,35-19-9-3-10-20-35)36-21-11-4-12-22-36/h1-23,25-29H,24,30H2. The quantitative estimate of drug-likeness (QED) is 0.181. The molecule has 2 aliphatic carbocycles. The zero-order valence-electron chi connectivity index (χ0n) is 24.1. The van der Waals surface area contributed by atoms with E-state index in [-0.39, 0.29) is 0 Å². The van der Waals surface area contributed by atoms with Crippen LogP contribution in [0.5, 0.6) is 0 Å². The number of hydrogen-bond acceptors (Lipinski definition) is 0. The molecule has 204 valence electrons. The van der Waals surface area contributed by atoms with Crippen LogP contribution in [-0.2, 0) is 11.8 Å². The van der Waals surface area contributed by atoms with Crippen molar-refractivity contribution >= 4 is 0 Å². The van der Waals surface area contributed by atoms with Crippen molar-refractivity contribution in [3.05, 3.63) is 203 Å². The molecule has 0 saturated carbocycles. The minimum atomic E-state index is -0.452. The number of hydrogen-bond donors (Lipinski definition) is 0. The van der Waals surface area contributed by atoms with Crippen LogP contribution in [0, 0.1) is 0 Å². The van der Waals surface area contributed by atoms with Crippen LogP contribution in [0.1, 0.15) is 34.2 Å². The van der Waals surface area contributed by atoms with Gasteiger partial charge in [-0.15, -0.1) is 0 Å². The van der Waals surface area contributed by atoms with Gasteiger partial charge >= 0.3 is 0 Å². The van der Waals surface area contributed by atoms with Crippen LogP contribution in [0.4, 0.5) is 0 Å². The predicted molar refractivity (Wildman–Crippen MR) is 180 cm³/mol. The summed E-state index contributed by atoms with van der Waals surface area (Å²) in [6.45, 7) is 0. The van der Waals surface area contributed by atoms with E-state index in [1.807, 2.05) is 0 Å². The van der Waals surface area contributed by atoms with Crippen molar-refractivity contribution in [1.29, 1.82) is 0 Å². The summed E-state index contributed by atoms with van der Waals surface area (Å²) in [5.41, 5.74) is 15.6. The topological polar surface area (TPSA) is 0 Å². The molecule has 0 fully saturated rings. The SMILES string of the molecule is C1=CCC(C(c2ccccc2)(c2ccccc2)c2c(-c3ccccc3)ccc3c2Cc2cc(-c4ccccc4)ccc2-3)=C1. The first-order valence-corrected chi connectivity index (χ1v) is 15.2. The zero-order valence-corrected chi connectivity index (χ0v) is 24.1. The maximum atomic E-state index is 2.42. The Morgan fingerprint density at radius 3 is 1.63 bits per heavy atom. The zero-order chi connectivity index (χ0) is 28.6. The van der Waals surface area contributed by atoms with E-state index in [4.69, 9.17) is 0 Å². The van der Waals surface area contributed by atoms with Gasteiger partial charge in [-0.1, -0.05) is 170 Å². The van der Waals surface area contributed by atoms with Crippen molar-refractivity contribution < 1.29 is 0 Å². The third kappa shape index (κ3) is 4.14. The molecule has 6 aromatic rings. The van der Waals surface area contributed by atoms with E-state index in [0.29, 0.717) is 0 Å². The molecule has 0 heterocycles. The van der Waals surface area contributed by atoms with Crippen molar-refractivity contribution in [2.75, 3.05) is 0 Å². The Labute approximate surface area is 254 Å². The highest BCUT2D eigenvalue weighted by Gasteiger charge is 2.44. The average Bonchev–Trinajstić information content (AvgIpc) is 3.76. The maximum Gasteiger partial charge on any atom is 0.0676 e. The Kier molecular flexibility index (Phi) is 6.27. The molecule has 0 unspecified atom stereocenters.